The molecule has 1 aromatic carbocycles. The van der Waals surface area contributed by atoms with Gasteiger partial charge in [0, 0.05) is 0 Å². The molecule has 94 valence electrons. The maximum atomic E-state index is 11.0. The summed E-state index contributed by atoms with van der Waals surface area (Å²) in [5.74, 6) is -0.405. The molecule has 0 fully saturated rings. The Morgan fingerprint density at radius 1 is 1.29 bits per heavy atom. The van der Waals surface area contributed by atoms with Gasteiger partial charge in [0.2, 0.25) is 0 Å². The van der Waals surface area contributed by atoms with Crippen molar-refractivity contribution in [3.05, 3.63) is 35.4 Å². The Labute approximate surface area is 102 Å². The smallest absolute Gasteiger partial charge is 0.308 e. The molecular weight excluding hydrogens is 216 g/mol. The SMILES string of the molecule is COC(=O)C[C@H](O)c1ccc(C(C)(C)C)cc1. The summed E-state index contributed by atoms with van der Waals surface area (Å²) in [4.78, 5) is 11.0. The average Bonchev–Trinajstić information content (AvgIpc) is 2.27. The lowest BCUT2D eigenvalue weighted by Gasteiger charge is -2.19. The van der Waals surface area contributed by atoms with E-state index in [0.717, 1.165) is 5.56 Å². The molecule has 0 saturated heterocycles. The fraction of sp³-hybridized carbons (Fsp3) is 0.500. The van der Waals surface area contributed by atoms with Crippen LogP contribution in [-0.4, -0.2) is 18.2 Å². The lowest BCUT2D eigenvalue weighted by atomic mass is 9.86. The van der Waals surface area contributed by atoms with Crippen molar-refractivity contribution in [1.29, 1.82) is 0 Å². The van der Waals surface area contributed by atoms with Crippen molar-refractivity contribution in [2.75, 3.05) is 7.11 Å². The van der Waals surface area contributed by atoms with Gasteiger partial charge in [-0.2, -0.15) is 0 Å². The first-order valence-electron chi connectivity index (χ1n) is 5.70. The van der Waals surface area contributed by atoms with Crippen molar-refractivity contribution < 1.29 is 14.6 Å². The van der Waals surface area contributed by atoms with Crippen LogP contribution in [0.3, 0.4) is 0 Å². The van der Waals surface area contributed by atoms with Crippen LogP contribution < -0.4 is 0 Å². The van der Waals surface area contributed by atoms with Crippen LogP contribution in [0.2, 0.25) is 0 Å². The first-order valence-corrected chi connectivity index (χ1v) is 5.70. The summed E-state index contributed by atoms with van der Waals surface area (Å²) in [6.45, 7) is 6.40. The van der Waals surface area contributed by atoms with Gasteiger partial charge in [0.25, 0.3) is 0 Å². The van der Waals surface area contributed by atoms with Crippen molar-refractivity contribution >= 4 is 5.97 Å². The zero-order valence-corrected chi connectivity index (χ0v) is 10.9. The molecule has 3 heteroatoms. The highest BCUT2D eigenvalue weighted by molar-refractivity contribution is 5.70. The first kappa shape index (κ1) is 13.7. The quantitative estimate of drug-likeness (QED) is 0.820. The molecule has 1 rings (SSSR count). The van der Waals surface area contributed by atoms with Crippen LogP contribution in [0, 0.1) is 0 Å². The number of methoxy groups -OCH3 is 1. The maximum absolute atomic E-state index is 11.0. The van der Waals surface area contributed by atoms with Crippen molar-refractivity contribution in [3.63, 3.8) is 0 Å². The molecule has 0 spiro atoms. The molecule has 0 bridgehead atoms. The Morgan fingerprint density at radius 3 is 2.24 bits per heavy atom. The van der Waals surface area contributed by atoms with Gasteiger partial charge in [0.15, 0.2) is 0 Å². The van der Waals surface area contributed by atoms with E-state index < -0.39 is 12.1 Å². The van der Waals surface area contributed by atoms with Gasteiger partial charge < -0.3 is 9.84 Å². The number of hydrogen-bond donors (Lipinski definition) is 1. The minimum Gasteiger partial charge on any atom is -0.469 e. The van der Waals surface area contributed by atoms with Crippen LogP contribution in [0.25, 0.3) is 0 Å². The van der Waals surface area contributed by atoms with Crippen LogP contribution in [0.4, 0.5) is 0 Å². The number of carbonyl (C=O) groups excluding carboxylic acids is 1. The Bertz CT molecular complexity index is 373. The number of carbonyl (C=O) groups is 1. The highest BCUT2D eigenvalue weighted by Crippen LogP contribution is 2.24. The topological polar surface area (TPSA) is 46.5 Å². The number of esters is 1. The van der Waals surface area contributed by atoms with Crippen LogP contribution in [0.1, 0.15) is 44.4 Å². The molecule has 0 aliphatic heterocycles. The minimum atomic E-state index is -0.795. The molecule has 0 heterocycles. The summed E-state index contributed by atoms with van der Waals surface area (Å²) < 4.78 is 4.52. The van der Waals surface area contributed by atoms with Gasteiger partial charge in [-0.25, -0.2) is 0 Å². The normalized spacial score (nSPS) is 13.2. The molecule has 1 aromatic rings. The van der Waals surface area contributed by atoms with E-state index in [-0.39, 0.29) is 11.8 Å². The lowest BCUT2D eigenvalue weighted by Crippen LogP contribution is -2.12. The number of aliphatic hydroxyl groups is 1. The summed E-state index contributed by atoms with van der Waals surface area (Å²) in [6, 6.07) is 7.67. The molecule has 0 radical (unpaired) electrons. The van der Waals surface area contributed by atoms with Gasteiger partial charge in [-0.1, -0.05) is 45.0 Å². The molecule has 0 aromatic heterocycles. The number of rotatable bonds is 3. The molecule has 0 unspecified atom stereocenters. The molecule has 0 aliphatic carbocycles. The second kappa shape index (κ2) is 5.32. The molecule has 3 nitrogen and oxygen atoms in total. The largest absolute Gasteiger partial charge is 0.469 e. The van der Waals surface area contributed by atoms with Gasteiger partial charge in [0.1, 0.15) is 0 Å². The zero-order chi connectivity index (χ0) is 13.1. The Hall–Kier alpha value is -1.35. The average molecular weight is 236 g/mol. The Kier molecular flexibility index (Phi) is 4.29. The number of ether oxygens (including phenoxy) is 1. The van der Waals surface area contributed by atoms with E-state index in [1.165, 1.54) is 12.7 Å². The summed E-state index contributed by atoms with van der Waals surface area (Å²) in [7, 11) is 1.32. The lowest BCUT2D eigenvalue weighted by molar-refractivity contribution is -0.142. The van der Waals surface area contributed by atoms with Gasteiger partial charge in [0.05, 0.1) is 19.6 Å². The second-order valence-corrected chi connectivity index (χ2v) is 5.17. The molecule has 17 heavy (non-hydrogen) atoms. The van der Waals surface area contributed by atoms with Crippen molar-refractivity contribution in [3.8, 4) is 0 Å². The predicted octanol–water partition coefficient (Wildman–Crippen LogP) is 2.58. The zero-order valence-electron chi connectivity index (χ0n) is 10.9. The van der Waals surface area contributed by atoms with E-state index >= 15 is 0 Å². The van der Waals surface area contributed by atoms with Crippen LogP contribution in [-0.2, 0) is 14.9 Å². The minimum absolute atomic E-state index is 0.00857. The summed E-state index contributed by atoms with van der Waals surface area (Å²) in [6.07, 6.45) is -0.804. The van der Waals surface area contributed by atoms with E-state index in [1.54, 1.807) is 0 Å². The van der Waals surface area contributed by atoms with E-state index in [4.69, 9.17) is 0 Å². The van der Waals surface area contributed by atoms with E-state index in [2.05, 4.69) is 25.5 Å². The van der Waals surface area contributed by atoms with Crippen LogP contribution >= 0.6 is 0 Å². The van der Waals surface area contributed by atoms with Gasteiger partial charge in [-0.15, -0.1) is 0 Å². The second-order valence-electron chi connectivity index (χ2n) is 5.17. The Balaban J connectivity index is 2.77. The molecular formula is C14H20O3. The summed E-state index contributed by atoms with van der Waals surface area (Å²) in [5, 5.41) is 9.81. The number of aliphatic hydroxyl groups excluding tert-OH is 1. The third-order valence-electron chi connectivity index (χ3n) is 2.75. The van der Waals surface area contributed by atoms with Crippen LogP contribution in [0.15, 0.2) is 24.3 Å². The third-order valence-corrected chi connectivity index (χ3v) is 2.75. The molecule has 1 N–H and O–H groups in total. The van der Waals surface area contributed by atoms with E-state index in [0.29, 0.717) is 0 Å². The first-order chi connectivity index (χ1) is 7.84. The van der Waals surface area contributed by atoms with Crippen molar-refractivity contribution in [2.24, 2.45) is 0 Å². The van der Waals surface area contributed by atoms with Gasteiger partial charge >= 0.3 is 5.97 Å². The van der Waals surface area contributed by atoms with Crippen molar-refractivity contribution in [1.82, 2.24) is 0 Å². The highest BCUT2D eigenvalue weighted by atomic mass is 16.5. The molecule has 0 saturated carbocycles. The molecule has 1 atom stereocenters. The third kappa shape index (κ3) is 3.86. The number of hydrogen-bond acceptors (Lipinski definition) is 3. The Morgan fingerprint density at radius 2 is 1.82 bits per heavy atom. The maximum Gasteiger partial charge on any atom is 0.308 e. The fourth-order valence-electron chi connectivity index (χ4n) is 1.56. The van der Waals surface area contributed by atoms with Crippen LogP contribution in [0.5, 0.6) is 0 Å². The predicted molar refractivity (Wildman–Crippen MR) is 66.7 cm³/mol. The summed E-state index contributed by atoms with van der Waals surface area (Å²) in [5.41, 5.74) is 2.03. The van der Waals surface area contributed by atoms with E-state index in [9.17, 15) is 9.90 Å². The van der Waals surface area contributed by atoms with E-state index in [1.807, 2.05) is 24.3 Å². The van der Waals surface area contributed by atoms with Crippen molar-refractivity contribution in [2.45, 2.75) is 38.7 Å². The standard InChI is InChI=1S/C14H20O3/c1-14(2,3)11-7-5-10(6-8-11)12(15)9-13(16)17-4/h5-8,12,15H,9H2,1-4H3/t12-/m0/s1. The number of benzene rings is 1. The summed E-state index contributed by atoms with van der Waals surface area (Å²) >= 11 is 0. The highest BCUT2D eigenvalue weighted by Gasteiger charge is 2.16. The monoisotopic (exact) mass is 236 g/mol. The molecule has 0 amide bonds. The molecule has 0 aliphatic rings. The van der Waals surface area contributed by atoms with Gasteiger partial charge in [-0.3, -0.25) is 4.79 Å². The van der Waals surface area contributed by atoms with Gasteiger partial charge in [-0.05, 0) is 16.5 Å². The fourth-order valence-corrected chi connectivity index (χ4v) is 1.56.